The number of urea groups is 1. The molecule has 0 aromatic heterocycles. The van der Waals surface area contributed by atoms with Crippen LogP contribution >= 0.6 is 0 Å². The number of hydrogen-bond acceptors (Lipinski definition) is 4. The molecule has 0 saturated carbocycles. The van der Waals surface area contributed by atoms with Crippen molar-refractivity contribution in [3.05, 3.63) is 107 Å². The van der Waals surface area contributed by atoms with E-state index in [2.05, 4.69) is 36.5 Å². The summed E-state index contributed by atoms with van der Waals surface area (Å²) in [6, 6.07) is 25.2. The summed E-state index contributed by atoms with van der Waals surface area (Å²) >= 11 is 0. The molecular formula is C33H33FN2O5. The third-order valence-electron chi connectivity index (χ3n) is 7.45. The van der Waals surface area contributed by atoms with E-state index in [1.54, 1.807) is 30.3 Å². The number of hydrogen-bond donors (Lipinski definition) is 2. The van der Waals surface area contributed by atoms with Crippen LogP contribution in [0.4, 0.5) is 9.18 Å². The summed E-state index contributed by atoms with van der Waals surface area (Å²) in [7, 11) is 0. The Morgan fingerprint density at radius 2 is 1.73 bits per heavy atom. The Morgan fingerprint density at radius 1 is 1.05 bits per heavy atom. The van der Waals surface area contributed by atoms with E-state index in [4.69, 9.17) is 9.47 Å². The fourth-order valence-corrected chi connectivity index (χ4v) is 5.08. The fourth-order valence-electron chi connectivity index (χ4n) is 5.08. The number of aliphatic carboxylic acids is 1. The van der Waals surface area contributed by atoms with Gasteiger partial charge in [-0.15, -0.1) is 0 Å². The summed E-state index contributed by atoms with van der Waals surface area (Å²) in [6.45, 7) is 5.06. The quantitative estimate of drug-likeness (QED) is 0.233. The van der Waals surface area contributed by atoms with Gasteiger partial charge >= 0.3 is 12.0 Å². The van der Waals surface area contributed by atoms with E-state index in [-0.39, 0.29) is 24.2 Å². The Labute approximate surface area is 238 Å². The molecule has 2 unspecified atom stereocenters. The van der Waals surface area contributed by atoms with Gasteiger partial charge in [0.15, 0.2) is 11.6 Å². The van der Waals surface area contributed by atoms with Gasteiger partial charge < -0.3 is 24.8 Å². The van der Waals surface area contributed by atoms with Crippen molar-refractivity contribution in [3.8, 4) is 11.5 Å². The molecule has 2 N–H and O–H groups in total. The molecule has 0 bridgehead atoms. The zero-order chi connectivity index (χ0) is 29.0. The van der Waals surface area contributed by atoms with Crippen LogP contribution in [0.5, 0.6) is 11.5 Å². The Morgan fingerprint density at radius 3 is 2.44 bits per heavy atom. The molecule has 1 aliphatic rings. The van der Waals surface area contributed by atoms with Gasteiger partial charge in [-0.25, -0.2) is 14.0 Å². The lowest BCUT2D eigenvalue weighted by Gasteiger charge is -2.26. The molecule has 5 rings (SSSR count). The van der Waals surface area contributed by atoms with Gasteiger partial charge in [-0.1, -0.05) is 54.6 Å². The molecule has 0 aliphatic carbocycles. The molecule has 1 fully saturated rings. The molecule has 1 saturated heterocycles. The average molecular weight is 557 g/mol. The number of amides is 2. The summed E-state index contributed by atoms with van der Waals surface area (Å²) in [5.74, 6) is -1.28. The standard InChI is InChI=1S/C33H33FN2O5/c1-22-17-24-7-3-4-8-25(24)18-26(22)20-36-21-27(35-32(36)39)15-16-40-28-13-11-23(12-14-28)19-33(2,31(37)38)41-30-10-6-5-9-29(30)34/h3-14,17-18,27H,15-16,19-21H2,1-2H3,(H,35,39)(H,37,38). The number of carbonyl (C=O) groups excluding carboxylic acids is 1. The second-order valence-corrected chi connectivity index (χ2v) is 10.7. The zero-order valence-electron chi connectivity index (χ0n) is 23.1. The number of nitrogens with zero attached hydrogens (tertiary/aromatic N) is 1. The molecule has 1 heterocycles. The van der Waals surface area contributed by atoms with Crippen molar-refractivity contribution in [2.45, 2.75) is 44.9 Å². The predicted molar refractivity (Wildman–Crippen MR) is 155 cm³/mol. The Kier molecular flexibility index (Phi) is 8.10. The lowest BCUT2D eigenvalue weighted by Crippen LogP contribution is -2.43. The van der Waals surface area contributed by atoms with Gasteiger partial charge in [0.1, 0.15) is 5.75 Å². The number of carboxylic acid groups (broad SMARTS) is 1. The van der Waals surface area contributed by atoms with Crippen LogP contribution in [-0.4, -0.2) is 46.8 Å². The van der Waals surface area contributed by atoms with E-state index in [9.17, 15) is 19.1 Å². The molecule has 2 amide bonds. The minimum Gasteiger partial charge on any atom is -0.494 e. The van der Waals surface area contributed by atoms with Crippen molar-refractivity contribution < 1.29 is 28.6 Å². The highest BCUT2D eigenvalue weighted by molar-refractivity contribution is 5.84. The van der Waals surface area contributed by atoms with E-state index in [0.29, 0.717) is 37.4 Å². The van der Waals surface area contributed by atoms with Crippen LogP contribution < -0.4 is 14.8 Å². The summed E-state index contributed by atoms with van der Waals surface area (Å²) in [5.41, 5.74) is 1.35. The van der Waals surface area contributed by atoms with Gasteiger partial charge in [0.05, 0.1) is 12.6 Å². The van der Waals surface area contributed by atoms with Crippen molar-refractivity contribution in [2.24, 2.45) is 0 Å². The third kappa shape index (κ3) is 6.60. The van der Waals surface area contributed by atoms with Crippen LogP contribution in [-0.2, 0) is 17.8 Å². The first-order valence-electron chi connectivity index (χ1n) is 13.6. The molecule has 41 heavy (non-hydrogen) atoms. The van der Waals surface area contributed by atoms with E-state index in [0.717, 1.165) is 16.5 Å². The SMILES string of the molecule is Cc1cc2ccccc2cc1CN1CC(CCOc2ccc(CC(C)(Oc3ccccc3F)C(=O)O)cc2)NC1=O. The first-order valence-corrected chi connectivity index (χ1v) is 13.6. The van der Waals surface area contributed by atoms with Crippen molar-refractivity contribution in [2.75, 3.05) is 13.2 Å². The number of fused-ring (bicyclic) bond motifs is 1. The molecule has 0 radical (unpaired) electrons. The van der Waals surface area contributed by atoms with Gasteiger partial charge in [-0.3, -0.25) is 0 Å². The van der Waals surface area contributed by atoms with Crippen LogP contribution in [0.2, 0.25) is 0 Å². The van der Waals surface area contributed by atoms with Crippen LogP contribution in [0.15, 0.2) is 84.9 Å². The summed E-state index contributed by atoms with van der Waals surface area (Å²) in [4.78, 5) is 26.5. The number of para-hydroxylation sites is 1. The second-order valence-electron chi connectivity index (χ2n) is 10.7. The highest BCUT2D eigenvalue weighted by atomic mass is 19.1. The van der Waals surface area contributed by atoms with Gasteiger partial charge in [0.25, 0.3) is 0 Å². The minimum atomic E-state index is -1.65. The highest BCUT2D eigenvalue weighted by Gasteiger charge is 2.37. The smallest absolute Gasteiger partial charge is 0.348 e. The van der Waals surface area contributed by atoms with Gasteiger partial charge in [0.2, 0.25) is 5.60 Å². The van der Waals surface area contributed by atoms with Crippen LogP contribution in [0.1, 0.15) is 30.0 Å². The minimum absolute atomic E-state index is 0.0191. The fraction of sp³-hybridized carbons (Fsp3) is 0.273. The van der Waals surface area contributed by atoms with Gasteiger partial charge in [0, 0.05) is 25.9 Å². The molecule has 212 valence electrons. The first-order chi connectivity index (χ1) is 19.7. The number of aryl methyl sites for hydroxylation is 1. The topological polar surface area (TPSA) is 88.1 Å². The van der Waals surface area contributed by atoms with E-state index in [1.165, 1.54) is 30.5 Å². The molecule has 8 heteroatoms. The van der Waals surface area contributed by atoms with E-state index < -0.39 is 17.4 Å². The number of nitrogens with one attached hydrogen (secondary N) is 1. The Hall–Kier alpha value is -4.59. The van der Waals surface area contributed by atoms with Crippen LogP contribution in [0.25, 0.3) is 10.8 Å². The maximum atomic E-state index is 14.1. The van der Waals surface area contributed by atoms with Crippen LogP contribution in [0, 0.1) is 12.7 Å². The number of rotatable bonds is 11. The predicted octanol–water partition coefficient (Wildman–Crippen LogP) is 6.12. The number of carbonyl (C=O) groups is 2. The van der Waals surface area contributed by atoms with Crippen molar-refractivity contribution >= 4 is 22.8 Å². The van der Waals surface area contributed by atoms with E-state index in [1.807, 2.05) is 17.0 Å². The van der Waals surface area contributed by atoms with Crippen molar-refractivity contribution in [1.82, 2.24) is 10.2 Å². The largest absolute Gasteiger partial charge is 0.494 e. The normalized spacial score (nSPS) is 16.3. The second kappa shape index (κ2) is 11.9. The van der Waals surface area contributed by atoms with Crippen LogP contribution in [0.3, 0.4) is 0 Å². The van der Waals surface area contributed by atoms with Crippen molar-refractivity contribution in [3.63, 3.8) is 0 Å². The first kappa shape index (κ1) is 28.0. The molecular weight excluding hydrogens is 523 g/mol. The average Bonchev–Trinajstić information content (AvgIpc) is 3.29. The van der Waals surface area contributed by atoms with Gasteiger partial charge in [-0.2, -0.15) is 0 Å². The lowest BCUT2D eigenvalue weighted by molar-refractivity contribution is -0.153. The Bertz CT molecular complexity index is 1560. The maximum Gasteiger partial charge on any atom is 0.348 e. The molecule has 4 aromatic carbocycles. The molecule has 1 aliphatic heterocycles. The highest BCUT2D eigenvalue weighted by Crippen LogP contribution is 2.27. The number of benzene rings is 4. The van der Waals surface area contributed by atoms with Crippen molar-refractivity contribution in [1.29, 1.82) is 0 Å². The van der Waals surface area contributed by atoms with Gasteiger partial charge in [-0.05, 0) is 71.6 Å². The zero-order valence-corrected chi connectivity index (χ0v) is 23.1. The monoisotopic (exact) mass is 556 g/mol. The molecule has 7 nitrogen and oxygen atoms in total. The molecule has 4 aromatic rings. The number of halogens is 1. The molecule has 0 spiro atoms. The Balaban J connectivity index is 1.12. The number of carboxylic acids is 1. The molecule has 2 atom stereocenters. The summed E-state index contributed by atoms with van der Waals surface area (Å²) in [6.07, 6.45) is 0.686. The third-order valence-corrected chi connectivity index (χ3v) is 7.45. The summed E-state index contributed by atoms with van der Waals surface area (Å²) < 4.78 is 25.5. The maximum absolute atomic E-state index is 14.1. The van der Waals surface area contributed by atoms with E-state index >= 15 is 0 Å². The summed E-state index contributed by atoms with van der Waals surface area (Å²) in [5, 5.41) is 15.2. The number of ether oxygens (including phenoxy) is 2. The lowest BCUT2D eigenvalue weighted by atomic mass is 9.96.